The Bertz CT molecular complexity index is 197. The molecular weight excluding hydrogens is 200 g/mol. The van der Waals surface area contributed by atoms with Crippen molar-refractivity contribution in [1.29, 1.82) is 5.26 Å². The van der Waals surface area contributed by atoms with Gasteiger partial charge >= 0.3 is 0 Å². The topological polar surface area (TPSA) is 36.3 Å². The van der Waals surface area contributed by atoms with Crippen LogP contribution in [0.4, 0.5) is 0 Å². The molecule has 0 amide bonds. The summed E-state index contributed by atoms with van der Waals surface area (Å²) in [6.45, 7) is 3.63. The van der Waals surface area contributed by atoms with Crippen LogP contribution in [0.25, 0.3) is 0 Å². The first kappa shape index (κ1) is 11.8. The van der Waals surface area contributed by atoms with Crippen molar-refractivity contribution >= 4 is 11.6 Å². The molecule has 0 spiro atoms. The lowest BCUT2D eigenvalue weighted by Gasteiger charge is -2.31. The molecule has 1 fully saturated rings. The first-order chi connectivity index (χ1) is 6.76. The fraction of sp³-hybridized carbons (Fsp3) is 0.900. The van der Waals surface area contributed by atoms with Gasteiger partial charge in [0.25, 0.3) is 0 Å². The van der Waals surface area contributed by atoms with Gasteiger partial charge in [-0.05, 0) is 31.8 Å². The van der Waals surface area contributed by atoms with E-state index in [-0.39, 0.29) is 5.38 Å². The highest BCUT2D eigenvalue weighted by Crippen LogP contribution is 2.17. The third kappa shape index (κ3) is 3.83. The molecule has 80 valence electrons. The van der Waals surface area contributed by atoms with E-state index in [0.29, 0.717) is 12.5 Å². The van der Waals surface area contributed by atoms with Gasteiger partial charge in [0.2, 0.25) is 0 Å². The predicted octanol–water partition coefficient (Wildman–Crippen LogP) is 1.48. The number of halogens is 1. The summed E-state index contributed by atoms with van der Waals surface area (Å²) >= 11 is 5.77. The molecule has 1 rings (SSSR count). The Morgan fingerprint density at radius 3 is 2.71 bits per heavy atom. The zero-order chi connectivity index (χ0) is 10.4. The molecule has 0 saturated carbocycles. The second kappa shape index (κ2) is 6.23. The summed E-state index contributed by atoms with van der Waals surface area (Å²) < 4.78 is 5.12. The Labute approximate surface area is 90.6 Å². The highest BCUT2D eigenvalue weighted by molar-refractivity contribution is 6.22. The zero-order valence-corrected chi connectivity index (χ0v) is 9.33. The van der Waals surface area contributed by atoms with Crippen LogP contribution in [0, 0.1) is 17.2 Å². The summed E-state index contributed by atoms with van der Waals surface area (Å²) in [5.74, 6) is 0.687. The summed E-state index contributed by atoms with van der Waals surface area (Å²) in [6.07, 6.45) is 2.31. The number of nitrogens with zero attached hydrogens (tertiary/aromatic N) is 2. The van der Waals surface area contributed by atoms with Crippen LogP contribution in [0.15, 0.2) is 0 Å². The molecule has 1 atom stereocenters. The number of ether oxygens (including phenoxy) is 1. The van der Waals surface area contributed by atoms with Crippen molar-refractivity contribution in [1.82, 2.24) is 4.90 Å². The molecule has 0 aromatic carbocycles. The second-order valence-electron chi connectivity index (χ2n) is 3.80. The Hall–Kier alpha value is -0.300. The third-order valence-corrected chi connectivity index (χ3v) is 2.90. The van der Waals surface area contributed by atoms with Crippen molar-refractivity contribution in [3.8, 4) is 6.07 Å². The summed E-state index contributed by atoms with van der Waals surface area (Å²) in [5.41, 5.74) is 0. The Morgan fingerprint density at radius 2 is 2.21 bits per heavy atom. The average Bonchev–Trinajstić information content (AvgIpc) is 2.21. The van der Waals surface area contributed by atoms with E-state index in [4.69, 9.17) is 21.6 Å². The molecule has 1 aliphatic heterocycles. The van der Waals surface area contributed by atoms with Gasteiger partial charge in [-0.1, -0.05) is 0 Å². The molecule has 3 nitrogen and oxygen atoms in total. The number of piperidine rings is 1. The van der Waals surface area contributed by atoms with Crippen LogP contribution < -0.4 is 0 Å². The van der Waals surface area contributed by atoms with E-state index >= 15 is 0 Å². The van der Waals surface area contributed by atoms with Crippen LogP contribution in [-0.2, 0) is 4.74 Å². The first-order valence-electron chi connectivity index (χ1n) is 5.01. The minimum atomic E-state index is -0.367. The molecule has 14 heavy (non-hydrogen) atoms. The van der Waals surface area contributed by atoms with Crippen LogP contribution >= 0.6 is 11.6 Å². The normalized spacial score (nSPS) is 21.8. The molecule has 0 aromatic heterocycles. The molecule has 0 aliphatic carbocycles. The van der Waals surface area contributed by atoms with Gasteiger partial charge in [-0.3, -0.25) is 0 Å². The molecule has 1 saturated heterocycles. The van der Waals surface area contributed by atoms with Gasteiger partial charge in [0.1, 0.15) is 5.38 Å². The Kier molecular flexibility index (Phi) is 5.24. The first-order valence-corrected chi connectivity index (χ1v) is 5.45. The molecule has 1 aliphatic rings. The van der Waals surface area contributed by atoms with Crippen molar-refractivity contribution in [2.24, 2.45) is 5.92 Å². The number of alkyl halides is 1. The van der Waals surface area contributed by atoms with Gasteiger partial charge in [0, 0.05) is 20.3 Å². The van der Waals surface area contributed by atoms with E-state index in [9.17, 15) is 0 Å². The van der Waals surface area contributed by atoms with Crippen LogP contribution in [-0.4, -0.2) is 43.6 Å². The summed E-state index contributed by atoms with van der Waals surface area (Å²) in [6, 6.07) is 2.05. The maximum absolute atomic E-state index is 8.57. The summed E-state index contributed by atoms with van der Waals surface area (Å²) in [7, 11) is 1.75. The molecule has 0 N–H and O–H groups in total. The summed E-state index contributed by atoms with van der Waals surface area (Å²) in [4.78, 5) is 2.26. The molecular formula is C10H17ClN2O. The smallest absolute Gasteiger partial charge is 0.133 e. The minimum Gasteiger partial charge on any atom is -0.384 e. The lowest BCUT2D eigenvalue weighted by molar-refractivity contribution is 0.101. The van der Waals surface area contributed by atoms with Crippen LogP contribution in [0.5, 0.6) is 0 Å². The largest absolute Gasteiger partial charge is 0.384 e. The van der Waals surface area contributed by atoms with E-state index in [0.717, 1.165) is 32.5 Å². The molecule has 0 aromatic rings. The lowest BCUT2D eigenvalue weighted by Crippen LogP contribution is -2.38. The lowest BCUT2D eigenvalue weighted by atomic mass is 9.98. The van der Waals surface area contributed by atoms with Crippen molar-refractivity contribution in [3.05, 3.63) is 0 Å². The monoisotopic (exact) mass is 216 g/mol. The quantitative estimate of drug-likeness (QED) is 0.668. The number of nitriles is 1. The van der Waals surface area contributed by atoms with Gasteiger partial charge in [-0.25, -0.2) is 0 Å². The van der Waals surface area contributed by atoms with Gasteiger partial charge in [-0.2, -0.15) is 5.26 Å². The number of hydrogen-bond acceptors (Lipinski definition) is 3. The molecule has 0 bridgehead atoms. The van der Waals surface area contributed by atoms with Gasteiger partial charge in [-0.15, -0.1) is 11.6 Å². The van der Waals surface area contributed by atoms with E-state index in [1.165, 1.54) is 0 Å². The highest BCUT2D eigenvalue weighted by Gasteiger charge is 2.20. The molecule has 1 heterocycles. The SMILES string of the molecule is COCC1CCN(CC(Cl)C#N)CC1. The van der Waals surface area contributed by atoms with Gasteiger partial charge in [0.15, 0.2) is 0 Å². The predicted molar refractivity (Wildman–Crippen MR) is 56.3 cm³/mol. The maximum Gasteiger partial charge on any atom is 0.133 e. The summed E-state index contributed by atoms with van der Waals surface area (Å²) in [5, 5.41) is 8.21. The second-order valence-corrected chi connectivity index (χ2v) is 4.32. The number of hydrogen-bond donors (Lipinski definition) is 0. The highest BCUT2D eigenvalue weighted by atomic mass is 35.5. The molecule has 0 radical (unpaired) electrons. The maximum atomic E-state index is 8.57. The van der Waals surface area contributed by atoms with Crippen molar-refractivity contribution in [3.63, 3.8) is 0 Å². The van der Waals surface area contributed by atoms with Crippen molar-refractivity contribution in [2.45, 2.75) is 18.2 Å². The number of methoxy groups -OCH3 is 1. The number of rotatable bonds is 4. The Balaban J connectivity index is 2.19. The fourth-order valence-electron chi connectivity index (χ4n) is 1.84. The average molecular weight is 217 g/mol. The minimum absolute atomic E-state index is 0.367. The third-order valence-electron chi connectivity index (χ3n) is 2.67. The molecule has 1 unspecified atom stereocenters. The van der Waals surface area contributed by atoms with E-state index in [2.05, 4.69) is 4.90 Å². The van der Waals surface area contributed by atoms with Crippen molar-refractivity contribution < 1.29 is 4.74 Å². The van der Waals surface area contributed by atoms with E-state index in [1.807, 2.05) is 6.07 Å². The van der Waals surface area contributed by atoms with E-state index < -0.39 is 0 Å². The number of likely N-dealkylation sites (tertiary alicyclic amines) is 1. The van der Waals surface area contributed by atoms with Gasteiger partial charge < -0.3 is 9.64 Å². The van der Waals surface area contributed by atoms with Crippen LogP contribution in [0.2, 0.25) is 0 Å². The zero-order valence-electron chi connectivity index (χ0n) is 8.58. The van der Waals surface area contributed by atoms with Crippen molar-refractivity contribution in [2.75, 3.05) is 33.4 Å². The van der Waals surface area contributed by atoms with E-state index in [1.54, 1.807) is 7.11 Å². The molecule has 4 heteroatoms. The van der Waals surface area contributed by atoms with Crippen LogP contribution in [0.3, 0.4) is 0 Å². The van der Waals surface area contributed by atoms with Crippen LogP contribution in [0.1, 0.15) is 12.8 Å². The Morgan fingerprint density at radius 1 is 1.57 bits per heavy atom. The fourth-order valence-corrected chi connectivity index (χ4v) is 2.03. The standard InChI is InChI=1S/C10H17ClN2O/c1-14-8-9-2-4-13(5-3-9)7-10(11)6-12/h9-10H,2-5,7-8H2,1H3. The van der Waals surface area contributed by atoms with Gasteiger partial charge in [0.05, 0.1) is 6.07 Å².